The fourth-order valence-corrected chi connectivity index (χ4v) is 2.02. The summed E-state index contributed by atoms with van der Waals surface area (Å²) in [5, 5.41) is 3.24. The molecule has 0 radical (unpaired) electrons. The van der Waals surface area contributed by atoms with Crippen LogP contribution in [0.3, 0.4) is 0 Å². The van der Waals surface area contributed by atoms with E-state index in [4.69, 9.17) is 9.31 Å². The topological polar surface area (TPSA) is 43.4 Å². The van der Waals surface area contributed by atoms with E-state index < -0.39 is 0 Å². The number of rotatable bonds is 4. The van der Waals surface area contributed by atoms with Crippen LogP contribution in [0.1, 0.15) is 40.2 Å². The number of nitrogens with zero attached hydrogens (tertiary/aromatic N) is 1. The lowest BCUT2D eigenvalue weighted by atomic mass is 9.89. The summed E-state index contributed by atoms with van der Waals surface area (Å²) in [7, 11) is -0.324. The van der Waals surface area contributed by atoms with E-state index >= 15 is 0 Å². The van der Waals surface area contributed by atoms with Crippen LogP contribution in [0, 0.1) is 0 Å². The number of pyridine rings is 1. The van der Waals surface area contributed by atoms with Gasteiger partial charge in [-0.3, -0.25) is 0 Å². The van der Waals surface area contributed by atoms with Crippen molar-refractivity contribution >= 4 is 19.0 Å². The minimum atomic E-state index is -0.324. The van der Waals surface area contributed by atoms with Crippen molar-refractivity contribution in [2.75, 3.05) is 11.9 Å². The molecule has 1 saturated heterocycles. The molecule has 0 bridgehead atoms. The van der Waals surface area contributed by atoms with Crippen LogP contribution in [0.15, 0.2) is 24.3 Å². The predicted octanol–water partition coefficient (Wildman–Crippen LogP) is 3.16. The second-order valence-corrected chi connectivity index (χ2v) is 5.96. The van der Waals surface area contributed by atoms with Crippen LogP contribution >= 0.6 is 0 Å². The zero-order valence-corrected chi connectivity index (χ0v) is 12.9. The highest BCUT2D eigenvalue weighted by molar-refractivity contribution is 6.52. The quantitative estimate of drug-likeness (QED) is 0.856. The van der Waals surface area contributed by atoms with Crippen molar-refractivity contribution in [3.63, 3.8) is 0 Å². The Labute approximate surface area is 121 Å². The predicted molar refractivity (Wildman–Crippen MR) is 83.5 cm³/mol. The van der Waals surface area contributed by atoms with Gasteiger partial charge in [0.25, 0.3) is 0 Å². The highest BCUT2D eigenvalue weighted by atomic mass is 16.7. The first-order valence-corrected chi connectivity index (χ1v) is 7.08. The third kappa shape index (κ3) is 3.05. The standard InChI is InChI=1S/C15H23BN2O2/c1-6-17-13-12(8-7-11-18-13)9-10-16-19-14(2,3)15(4,5)20-16/h7-11H,6H2,1-5H3,(H,17,18)/b10-9+. The summed E-state index contributed by atoms with van der Waals surface area (Å²) in [6.45, 7) is 11.1. The molecular formula is C15H23BN2O2. The molecule has 0 spiro atoms. The first-order valence-electron chi connectivity index (χ1n) is 7.08. The molecule has 108 valence electrons. The van der Waals surface area contributed by atoms with E-state index in [-0.39, 0.29) is 18.3 Å². The lowest BCUT2D eigenvalue weighted by molar-refractivity contribution is 0.00578. The minimum absolute atomic E-state index is 0.304. The normalized spacial score (nSPS) is 20.6. The van der Waals surface area contributed by atoms with Crippen LogP contribution in [0.2, 0.25) is 0 Å². The maximum absolute atomic E-state index is 5.94. The van der Waals surface area contributed by atoms with Crippen molar-refractivity contribution in [3.05, 3.63) is 29.9 Å². The summed E-state index contributed by atoms with van der Waals surface area (Å²) < 4.78 is 11.9. The molecule has 4 nitrogen and oxygen atoms in total. The molecule has 5 heteroatoms. The van der Waals surface area contributed by atoms with Gasteiger partial charge in [0.15, 0.2) is 0 Å². The molecule has 0 aromatic carbocycles. The number of hydrogen-bond acceptors (Lipinski definition) is 4. The Kier molecular flexibility index (Phi) is 4.21. The Morgan fingerprint density at radius 2 is 1.90 bits per heavy atom. The zero-order valence-electron chi connectivity index (χ0n) is 12.9. The molecule has 1 aromatic heterocycles. The monoisotopic (exact) mass is 274 g/mol. The lowest BCUT2D eigenvalue weighted by Gasteiger charge is -2.32. The van der Waals surface area contributed by atoms with Crippen LogP contribution in [0.25, 0.3) is 6.08 Å². The summed E-state index contributed by atoms with van der Waals surface area (Å²) >= 11 is 0. The molecule has 1 aliphatic heterocycles. The van der Waals surface area contributed by atoms with Gasteiger partial charge in [0.2, 0.25) is 0 Å². The second-order valence-electron chi connectivity index (χ2n) is 5.96. The van der Waals surface area contributed by atoms with Gasteiger partial charge in [0, 0.05) is 18.3 Å². The van der Waals surface area contributed by atoms with E-state index in [1.165, 1.54) is 0 Å². The average molecular weight is 274 g/mol. The molecule has 0 amide bonds. The number of aromatic nitrogens is 1. The van der Waals surface area contributed by atoms with E-state index in [9.17, 15) is 0 Å². The number of hydrogen-bond donors (Lipinski definition) is 1. The van der Waals surface area contributed by atoms with Gasteiger partial charge in [0.05, 0.1) is 11.2 Å². The average Bonchev–Trinajstić information content (AvgIpc) is 2.57. The van der Waals surface area contributed by atoms with Gasteiger partial charge in [-0.05, 0) is 46.8 Å². The third-order valence-electron chi connectivity index (χ3n) is 3.89. The second kappa shape index (κ2) is 5.58. The molecule has 0 atom stereocenters. The first kappa shape index (κ1) is 15.1. The van der Waals surface area contributed by atoms with Gasteiger partial charge in [-0.2, -0.15) is 0 Å². The molecular weight excluding hydrogens is 251 g/mol. The molecule has 2 heterocycles. The van der Waals surface area contributed by atoms with E-state index in [0.29, 0.717) is 0 Å². The summed E-state index contributed by atoms with van der Waals surface area (Å²) in [5.41, 5.74) is 0.423. The van der Waals surface area contributed by atoms with Gasteiger partial charge < -0.3 is 14.6 Å². The highest BCUT2D eigenvalue weighted by Gasteiger charge is 2.49. The van der Waals surface area contributed by atoms with Crippen LogP contribution in [0.4, 0.5) is 5.82 Å². The Bertz CT molecular complexity index is 484. The fourth-order valence-electron chi connectivity index (χ4n) is 2.02. The van der Waals surface area contributed by atoms with Gasteiger partial charge in [-0.15, -0.1) is 0 Å². The van der Waals surface area contributed by atoms with Gasteiger partial charge in [-0.25, -0.2) is 4.98 Å². The molecule has 20 heavy (non-hydrogen) atoms. The molecule has 0 aliphatic carbocycles. The molecule has 1 N–H and O–H groups in total. The van der Waals surface area contributed by atoms with Crippen molar-refractivity contribution in [1.29, 1.82) is 0 Å². The Hall–Kier alpha value is -1.33. The maximum atomic E-state index is 5.94. The van der Waals surface area contributed by atoms with Crippen LogP contribution in [0.5, 0.6) is 0 Å². The first-order chi connectivity index (χ1) is 9.36. The van der Waals surface area contributed by atoms with Crippen LogP contribution in [-0.2, 0) is 9.31 Å². The Morgan fingerprint density at radius 1 is 1.25 bits per heavy atom. The van der Waals surface area contributed by atoms with Gasteiger partial charge in [-0.1, -0.05) is 12.1 Å². The van der Waals surface area contributed by atoms with Crippen molar-refractivity contribution in [1.82, 2.24) is 4.98 Å². The Balaban J connectivity index is 2.12. The molecule has 1 aliphatic rings. The van der Waals surface area contributed by atoms with Gasteiger partial charge in [0.1, 0.15) is 5.82 Å². The Morgan fingerprint density at radius 3 is 2.50 bits per heavy atom. The summed E-state index contributed by atoms with van der Waals surface area (Å²) in [5.74, 6) is 2.82. The van der Waals surface area contributed by atoms with Crippen molar-refractivity contribution in [2.24, 2.45) is 0 Å². The molecule has 0 unspecified atom stereocenters. The van der Waals surface area contributed by atoms with Crippen molar-refractivity contribution in [2.45, 2.75) is 45.8 Å². The van der Waals surface area contributed by atoms with Crippen molar-refractivity contribution in [3.8, 4) is 0 Å². The largest absolute Gasteiger partial charge is 0.487 e. The van der Waals surface area contributed by atoms with E-state index in [0.717, 1.165) is 17.9 Å². The minimum Gasteiger partial charge on any atom is -0.400 e. The highest BCUT2D eigenvalue weighted by Crippen LogP contribution is 2.37. The fraction of sp³-hybridized carbons (Fsp3) is 0.533. The SMILES string of the molecule is CCNc1ncccc1/C=C/B1OC(C)(C)C(C)(C)O1. The van der Waals surface area contributed by atoms with E-state index in [1.807, 2.05) is 24.2 Å². The van der Waals surface area contributed by atoms with Crippen LogP contribution in [-0.4, -0.2) is 29.8 Å². The smallest absolute Gasteiger partial charge is 0.400 e. The van der Waals surface area contributed by atoms with Gasteiger partial charge >= 0.3 is 7.12 Å². The third-order valence-corrected chi connectivity index (χ3v) is 3.89. The lowest BCUT2D eigenvalue weighted by Crippen LogP contribution is -2.41. The summed E-state index contributed by atoms with van der Waals surface area (Å²) in [6.07, 6.45) is 3.78. The van der Waals surface area contributed by atoms with Crippen LogP contribution < -0.4 is 5.32 Å². The number of anilines is 1. The summed E-state index contributed by atoms with van der Waals surface area (Å²) in [6, 6.07) is 3.94. The summed E-state index contributed by atoms with van der Waals surface area (Å²) in [4.78, 5) is 4.33. The maximum Gasteiger partial charge on any atom is 0.487 e. The molecule has 1 fully saturated rings. The van der Waals surface area contributed by atoms with E-state index in [2.05, 4.69) is 44.9 Å². The number of nitrogens with one attached hydrogen (secondary N) is 1. The zero-order chi connectivity index (χ0) is 14.8. The van der Waals surface area contributed by atoms with E-state index in [1.54, 1.807) is 6.20 Å². The molecule has 0 saturated carbocycles. The molecule has 2 rings (SSSR count). The van der Waals surface area contributed by atoms with Crippen molar-refractivity contribution < 1.29 is 9.31 Å². The molecule has 1 aromatic rings.